The summed E-state index contributed by atoms with van der Waals surface area (Å²) in [5, 5.41) is 11.1. The van der Waals surface area contributed by atoms with Crippen LogP contribution < -0.4 is 10.6 Å². The summed E-state index contributed by atoms with van der Waals surface area (Å²) in [6.45, 7) is 5.08. The number of anilines is 2. The van der Waals surface area contributed by atoms with E-state index in [1.54, 1.807) is 0 Å². The Morgan fingerprint density at radius 2 is 2.21 bits per heavy atom. The quantitative estimate of drug-likeness (QED) is 0.630. The highest BCUT2D eigenvalue weighted by atomic mass is 16.6. The molecule has 1 saturated carbocycles. The second kappa shape index (κ2) is 5.42. The molecule has 104 valence electrons. The molecule has 6 heteroatoms. The molecule has 1 aromatic heterocycles. The van der Waals surface area contributed by atoms with E-state index in [0.29, 0.717) is 23.6 Å². The average Bonchev–Trinajstić information content (AvgIpc) is 3.13. The van der Waals surface area contributed by atoms with Crippen LogP contribution in [0.2, 0.25) is 0 Å². The lowest BCUT2D eigenvalue weighted by atomic mass is 10.1. The number of pyridine rings is 1. The van der Waals surface area contributed by atoms with Crippen LogP contribution >= 0.6 is 0 Å². The zero-order chi connectivity index (χ0) is 14.0. The van der Waals surface area contributed by atoms with Crippen LogP contribution in [0.15, 0.2) is 12.1 Å². The minimum Gasteiger partial charge on any atom is -0.384 e. The summed E-state index contributed by atoms with van der Waals surface area (Å²) in [4.78, 5) is 17.0. The van der Waals surface area contributed by atoms with Crippen LogP contribution in [0.4, 0.5) is 17.3 Å². The number of nitrogen functional groups attached to an aromatic ring is 1. The summed E-state index contributed by atoms with van der Waals surface area (Å²) in [7, 11) is 0. The zero-order valence-electron chi connectivity index (χ0n) is 11.4. The van der Waals surface area contributed by atoms with Crippen molar-refractivity contribution in [3.05, 3.63) is 22.2 Å². The standard InChI is InChI=1S/C13H20N4O2/c1-9(2)7-8-16(10-3-4-10)13-11(17(18)19)5-6-12(14)15-13/h5-6,9-10H,3-4,7-8H2,1-2H3,(H2,14,15). The molecule has 19 heavy (non-hydrogen) atoms. The number of nitro groups is 1. The maximum Gasteiger partial charge on any atom is 0.311 e. The monoisotopic (exact) mass is 264 g/mol. The van der Waals surface area contributed by atoms with Gasteiger partial charge in [-0.25, -0.2) is 4.98 Å². The number of nitrogens with two attached hydrogens (primary N) is 1. The van der Waals surface area contributed by atoms with Gasteiger partial charge in [0, 0.05) is 18.7 Å². The minimum atomic E-state index is -0.382. The molecule has 1 fully saturated rings. The topological polar surface area (TPSA) is 85.3 Å². The van der Waals surface area contributed by atoms with Gasteiger partial charge >= 0.3 is 5.69 Å². The normalized spacial score (nSPS) is 14.7. The van der Waals surface area contributed by atoms with Gasteiger partial charge < -0.3 is 10.6 Å². The van der Waals surface area contributed by atoms with E-state index in [-0.39, 0.29) is 10.6 Å². The van der Waals surface area contributed by atoms with Crippen LogP contribution in [0.1, 0.15) is 33.1 Å². The minimum absolute atomic E-state index is 0.0462. The van der Waals surface area contributed by atoms with E-state index in [1.807, 2.05) is 0 Å². The van der Waals surface area contributed by atoms with Crippen molar-refractivity contribution in [1.82, 2.24) is 4.98 Å². The van der Waals surface area contributed by atoms with E-state index >= 15 is 0 Å². The van der Waals surface area contributed by atoms with Crippen LogP contribution in [0.5, 0.6) is 0 Å². The first kappa shape index (κ1) is 13.6. The molecule has 0 bridgehead atoms. The third-order valence-corrected chi connectivity index (χ3v) is 3.28. The van der Waals surface area contributed by atoms with Gasteiger partial charge in [-0.2, -0.15) is 0 Å². The van der Waals surface area contributed by atoms with Gasteiger partial charge in [0.15, 0.2) is 0 Å². The van der Waals surface area contributed by atoms with E-state index in [2.05, 4.69) is 23.7 Å². The molecule has 2 rings (SSSR count). The van der Waals surface area contributed by atoms with Crippen molar-refractivity contribution in [2.45, 2.75) is 39.2 Å². The van der Waals surface area contributed by atoms with Gasteiger partial charge in [0.05, 0.1) is 4.92 Å². The molecule has 0 spiro atoms. The summed E-state index contributed by atoms with van der Waals surface area (Å²) >= 11 is 0. The highest BCUT2D eigenvalue weighted by Gasteiger charge is 2.34. The number of hydrogen-bond acceptors (Lipinski definition) is 5. The fourth-order valence-corrected chi connectivity index (χ4v) is 2.05. The Bertz CT molecular complexity index is 472. The lowest BCUT2D eigenvalue weighted by Crippen LogP contribution is -2.29. The molecule has 0 amide bonds. The molecule has 2 N–H and O–H groups in total. The van der Waals surface area contributed by atoms with Gasteiger partial charge in [0.2, 0.25) is 5.82 Å². The van der Waals surface area contributed by atoms with Crippen LogP contribution in [-0.2, 0) is 0 Å². The van der Waals surface area contributed by atoms with Crippen LogP contribution in [-0.4, -0.2) is 22.5 Å². The Kier molecular flexibility index (Phi) is 3.87. The third kappa shape index (κ3) is 3.33. The van der Waals surface area contributed by atoms with Crippen molar-refractivity contribution in [2.24, 2.45) is 5.92 Å². The molecular formula is C13H20N4O2. The molecule has 1 aliphatic carbocycles. The highest BCUT2D eigenvalue weighted by Crippen LogP contribution is 2.36. The fraction of sp³-hybridized carbons (Fsp3) is 0.615. The van der Waals surface area contributed by atoms with Gasteiger partial charge in [-0.3, -0.25) is 10.1 Å². The summed E-state index contributed by atoms with van der Waals surface area (Å²) in [6, 6.07) is 3.31. The van der Waals surface area contributed by atoms with Gasteiger partial charge in [0.1, 0.15) is 5.82 Å². The molecule has 0 aromatic carbocycles. The highest BCUT2D eigenvalue weighted by molar-refractivity contribution is 5.62. The molecule has 0 saturated heterocycles. The SMILES string of the molecule is CC(C)CCN(c1nc(N)ccc1[N+](=O)[O-])C1CC1. The summed E-state index contributed by atoms with van der Waals surface area (Å²) < 4.78 is 0. The number of nitrogens with zero attached hydrogens (tertiary/aromatic N) is 3. The Morgan fingerprint density at radius 1 is 1.53 bits per heavy atom. The largest absolute Gasteiger partial charge is 0.384 e. The summed E-state index contributed by atoms with van der Waals surface area (Å²) in [6.07, 6.45) is 3.14. The van der Waals surface area contributed by atoms with Crippen LogP contribution in [0.25, 0.3) is 0 Å². The molecule has 1 aliphatic rings. The number of hydrogen-bond donors (Lipinski definition) is 1. The molecule has 1 aromatic rings. The van der Waals surface area contributed by atoms with Crippen LogP contribution in [0.3, 0.4) is 0 Å². The van der Waals surface area contributed by atoms with E-state index < -0.39 is 0 Å². The Balaban J connectivity index is 2.29. The van der Waals surface area contributed by atoms with E-state index in [4.69, 9.17) is 5.73 Å². The van der Waals surface area contributed by atoms with Gasteiger partial charge in [0.25, 0.3) is 0 Å². The molecule has 0 radical (unpaired) electrons. The second-order valence-corrected chi connectivity index (χ2v) is 5.44. The van der Waals surface area contributed by atoms with Crippen molar-refractivity contribution in [1.29, 1.82) is 0 Å². The van der Waals surface area contributed by atoms with Crippen molar-refractivity contribution >= 4 is 17.3 Å². The zero-order valence-corrected chi connectivity index (χ0v) is 11.4. The van der Waals surface area contributed by atoms with Crippen LogP contribution in [0, 0.1) is 16.0 Å². The van der Waals surface area contributed by atoms with E-state index in [0.717, 1.165) is 25.8 Å². The number of aromatic nitrogens is 1. The third-order valence-electron chi connectivity index (χ3n) is 3.28. The van der Waals surface area contributed by atoms with Gasteiger partial charge in [-0.1, -0.05) is 13.8 Å². The Hall–Kier alpha value is -1.85. The first-order chi connectivity index (χ1) is 8.99. The Labute approximate surface area is 112 Å². The summed E-state index contributed by atoms with van der Waals surface area (Å²) in [5.41, 5.74) is 5.73. The number of rotatable bonds is 6. The maximum atomic E-state index is 11.1. The van der Waals surface area contributed by atoms with Crippen molar-refractivity contribution < 1.29 is 4.92 Å². The average molecular weight is 264 g/mol. The second-order valence-electron chi connectivity index (χ2n) is 5.44. The van der Waals surface area contributed by atoms with Gasteiger partial charge in [-0.15, -0.1) is 0 Å². The summed E-state index contributed by atoms with van der Waals surface area (Å²) in [5.74, 6) is 1.31. The molecule has 0 unspecified atom stereocenters. The smallest absolute Gasteiger partial charge is 0.311 e. The first-order valence-electron chi connectivity index (χ1n) is 6.66. The fourth-order valence-electron chi connectivity index (χ4n) is 2.05. The van der Waals surface area contributed by atoms with Gasteiger partial charge in [-0.05, 0) is 31.2 Å². The van der Waals surface area contributed by atoms with Crippen molar-refractivity contribution in [2.75, 3.05) is 17.2 Å². The lowest BCUT2D eigenvalue weighted by molar-refractivity contribution is -0.384. The molecule has 6 nitrogen and oxygen atoms in total. The molecular weight excluding hydrogens is 244 g/mol. The predicted octanol–water partition coefficient (Wildman–Crippen LogP) is 2.59. The van der Waals surface area contributed by atoms with E-state index in [1.165, 1.54) is 12.1 Å². The predicted molar refractivity (Wildman–Crippen MR) is 75.1 cm³/mol. The molecule has 0 aliphatic heterocycles. The first-order valence-corrected chi connectivity index (χ1v) is 6.66. The van der Waals surface area contributed by atoms with Crippen molar-refractivity contribution in [3.8, 4) is 0 Å². The lowest BCUT2D eigenvalue weighted by Gasteiger charge is -2.24. The van der Waals surface area contributed by atoms with Crippen molar-refractivity contribution in [3.63, 3.8) is 0 Å². The molecule has 1 heterocycles. The van der Waals surface area contributed by atoms with E-state index in [9.17, 15) is 10.1 Å². The molecule has 0 atom stereocenters. The maximum absolute atomic E-state index is 11.1. The Morgan fingerprint density at radius 3 is 2.74 bits per heavy atom.